The zero-order chi connectivity index (χ0) is 37.8. The van der Waals surface area contributed by atoms with Crippen molar-refractivity contribution in [1.29, 1.82) is 0 Å². The summed E-state index contributed by atoms with van der Waals surface area (Å²) in [7, 11) is 0. The van der Waals surface area contributed by atoms with E-state index >= 15 is 26.3 Å². The lowest BCUT2D eigenvalue weighted by atomic mass is 9.72. The van der Waals surface area contributed by atoms with Crippen LogP contribution >= 0.6 is 0 Å². The summed E-state index contributed by atoms with van der Waals surface area (Å²) in [5, 5.41) is 1.87. The van der Waals surface area contributed by atoms with Crippen LogP contribution in [0.3, 0.4) is 0 Å². The first-order valence-corrected chi connectivity index (χ1v) is 17.2. The maximum atomic E-state index is 15.3. The SMILES string of the molecule is Cc1cccc2c3cccc(C)c3n(-c3ccc(C(c4ccc(-c5nc(-c6ccccc6)cc(-c6ccccc6)n5)cc4)(C(F)(F)F)C(F)(F)F)cc3)c12. The van der Waals surface area contributed by atoms with E-state index in [0.717, 1.165) is 68.3 Å². The Morgan fingerprint density at radius 3 is 1.30 bits per heavy atom. The molecular formula is C45H31F6N3. The molecule has 268 valence electrons. The maximum Gasteiger partial charge on any atom is 0.411 e. The fourth-order valence-electron chi connectivity index (χ4n) is 7.52. The zero-order valence-corrected chi connectivity index (χ0v) is 29.0. The van der Waals surface area contributed by atoms with Crippen molar-refractivity contribution in [3.63, 3.8) is 0 Å². The third-order valence-corrected chi connectivity index (χ3v) is 10.1. The maximum absolute atomic E-state index is 15.3. The molecule has 0 aliphatic heterocycles. The number of halogens is 6. The van der Waals surface area contributed by atoms with Crippen LogP contribution in [0.4, 0.5) is 26.3 Å². The third-order valence-electron chi connectivity index (χ3n) is 10.1. The van der Waals surface area contributed by atoms with Gasteiger partial charge in [-0.2, -0.15) is 26.3 Å². The minimum absolute atomic E-state index is 0.160. The van der Waals surface area contributed by atoms with Crippen LogP contribution in [0.1, 0.15) is 22.3 Å². The fraction of sp³-hybridized carbons (Fsp3) is 0.111. The number of alkyl halides is 6. The average Bonchev–Trinajstić information content (AvgIpc) is 3.52. The molecule has 0 amide bonds. The molecule has 3 nitrogen and oxygen atoms in total. The van der Waals surface area contributed by atoms with Gasteiger partial charge in [-0.1, -0.05) is 133 Å². The standard InChI is InChI=1S/C45H31F6N3/c1-28-11-9-17-36-37-18-10-12-29(2)41(37)54(40(28)36)35-25-23-34(24-26-35)43(44(46,47)48,45(49,50)51)33-21-19-32(20-22-33)42-52-38(30-13-5-3-6-14-30)27-39(53-42)31-15-7-4-8-16-31/h3-27H,1-2H3. The lowest BCUT2D eigenvalue weighted by Crippen LogP contribution is -2.54. The van der Waals surface area contributed by atoms with Gasteiger partial charge < -0.3 is 4.57 Å². The van der Waals surface area contributed by atoms with Crippen molar-refractivity contribution in [2.45, 2.75) is 31.6 Å². The second-order valence-corrected chi connectivity index (χ2v) is 13.3. The Labute approximate surface area is 307 Å². The summed E-state index contributed by atoms with van der Waals surface area (Å²) in [6, 6.07) is 40.7. The number of aromatic nitrogens is 3. The predicted octanol–water partition coefficient (Wildman–Crippen LogP) is 12.6. The summed E-state index contributed by atoms with van der Waals surface area (Å²) in [6.07, 6.45) is -11.5. The van der Waals surface area contributed by atoms with Crippen molar-refractivity contribution in [3.05, 3.63) is 174 Å². The largest absolute Gasteiger partial charge is 0.411 e. The van der Waals surface area contributed by atoms with Gasteiger partial charge in [0.25, 0.3) is 0 Å². The number of rotatable bonds is 6. The molecule has 9 heteroatoms. The Bertz CT molecular complexity index is 2490. The van der Waals surface area contributed by atoms with Gasteiger partial charge in [0.1, 0.15) is 0 Å². The molecule has 0 bridgehead atoms. The molecule has 0 saturated carbocycles. The van der Waals surface area contributed by atoms with E-state index in [2.05, 4.69) is 9.97 Å². The van der Waals surface area contributed by atoms with Crippen molar-refractivity contribution in [3.8, 4) is 39.6 Å². The van der Waals surface area contributed by atoms with Gasteiger partial charge in [-0.05, 0) is 54.3 Å². The second-order valence-electron chi connectivity index (χ2n) is 13.3. The number of fused-ring (bicyclic) bond motifs is 3. The van der Waals surface area contributed by atoms with E-state index in [9.17, 15) is 0 Å². The summed E-state index contributed by atoms with van der Waals surface area (Å²) in [4.78, 5) is 9.36. The average molecular weight is 728 g/mol. The van der Waals surface area contributed by atoms with Gasteiger partial charge in [-0.3, -0.25) is 0 Å². The van der Waals surface area contributed by atoms with Crippen LogP contribution in [0.25, 0.3) is 61.4 Å². The minimum atomic E-state index is -5.75. The van der Waals surface area contributed by atoms with Gasteiger partial charge in [0.2, 0.25) is 5.41 Å². The van der Waals surface area contributed by atoms with E-state index in [0.29, 0.717) is 17.1 Å². The van der Waals surface area contributed by atoms with E-state index in [1.807, 2.05) is 115 Å². The molecule has 0 atom stereocenters. The van der Waals surface area contributed by atoms with Crippen LogP contribution in [0, 0.1) is 13.8 Å². The van der Waals surface area contributed by atoms with E-state index < -0.39 is 28.9 Å². The molecule has 8 aromatic rings. The van der Waals surface area contributed by atoms with Crippen molar-refractivity contribution in [2.24, 2.45) is 0 Å². The molecule has 2 aromatic heterocycles. The highest BCUT2D eigenvalue weighted by atomic mass is 19.4. The highest BCUT2D eigenvalue weighted by Gasteiger charge is 2.72. The second kappa shape index (κ2) is 13.0. The Hall–Kier alpha value is -6.22. The third kappa shape index (κ3) is 5.62. The molecule has 0 aliphatic rings. The molecule has 2 heterocycles. The quantitative estimate of drug-likeness (QED) is 0.160. The summed E-state index contributed by atoms with van der Waals surface area (Å²) in [6.45, 7) is 3.85. The molecule has 8 rings (SSSR count). The summed E-state index contributed by atoms with van der Waals surface area (Å²) >= 11 is 0. The normalized spacial score (nSPS) is 12.4. The van der Waals surface area contributed by atoms with Crippen molar-refractivity contribution < 1.29 is 26.3 Å². The van der Waals surface area contributed by atoms with Crippen LogP contribution in [0.5, 0.6) is 0 Å². The lowest BCUT2D eigenvalue weighted by molar-refractivity contribution is -0.288. The van der Waals surface area contributed by atoms with Gasteiger partial charge >= 0.3 is 12.4 Å². The topological polar surface area (TPSA) is 30.7 Å². The number of para-hydroxylation sites is 2. The summed E-state index contributed by atoms with van der Waals surface area (Å²) in [5.74, 6) is 0.160. The molecule has 6 aromatic carbocycles. The first-order valence-electron chi connectivity index (χ1n) is 17.2. The van der Waals surface area contributed by atoms with Crippen LogP contribution < -0.4 is 0 Å². The van der Waals surface area contributed by atoms with Gasteiger partial charge in [0.15, 0.2) is 5.82 Å². The molecule has 0 N–H and O–H groups in total. The van der Waals surface area contributed by atoms with E-state index in [1.54, 1.807) is 6.07 Å². The van der Waals surface area contributed by atoms with Crippen molar-refractivity contribution >= 4 is 21.8 Å². The smallest absolute Gasteiger partial charge is 0.309 e. The highest BCUT2D eigenvalue weighted by Crippen LogP contribution is 2.56. The Kier molecular flexibility index (Phi) is 8.40. The highest BCUT2D eigenvalue weighted by molar-refractivity contribution is 6.11. The first-order chi connectivity index (χ1) is 25.9. The Balaban J connectivity index is 1.26. The van der Waals surface area contributed by atoms with Crippen molar-refractivity contribution in [1.82, 2.24) is 14.5 Å². The monoisotopic (exact) mass is 727 g/mol. The molecule has 0 fully saturated rings. The molecular weight excluding hydrogens is 697 g/mol. The van der Waals surface area contributed by atoms with Gasteiger partial charge in [0, 0.05) is 33.2 Å². The Morgan fingerprint density at radius 2 is 0.870 bits per heavy atom. The van der Waals surface area contributed by atoms with E-state index in [1.165, 1.54) is 24.3 Å². The van der Waals surface area contributed by atoms with Crippen LogP contribution in [0.15, 0.2) is 152 Å². The van der Waals surface area contributed by atoms with E-state index in [4.69, 9.17) is 0 Å². The molecule has 0 saturated heterocycles. The molecule has 0 aliphatic carbocycles. The Morgan fingerprint density at radius 1 is 0.444 bits per heavy atom. The number of aryl methyl sites for hydroxylation is 2. The fourth-order valence-corrected chi connectivity index (χ4v) is 7.52. The van der Waals surface area contributed by atoms with Crippen molar-refractivity contribution in [2.75, 3.05) is 0 Å². The van der Waals surface area contributed by atoms with Crippen LogP contribution in [-0.4, -0.2) is 26.9 Å². The molecule has 0 spiro atoms. The minimum Gasteiger partial charge on any atom is -0.309 e. The van der Waals surface area contributed by atoms with Crippen LogP contribution in [0.2, 0.25) is 0 Å². The lowest BCUT2D eigenvalue weighted by Gasteiger charge is -2.38. The number of hydrogen-bond acceptors (Lipinski definition) is 2. The first kappa shape index (κ1) is 34.8. The van der Waals surface area contributed by atoms with Gasteiger partial charge in [0.05, 0.1) is 22.4 Å². The van der Waals surface area contributed by atoms with E-state index in [-0.39, 0.29) is 11.4 Å². The van der Waals surface area contributed by atoms with Gasteiger partial charge in [-0.15, -0.1) is 0 Å². The predicted molar refractivity (Wildman–Crippen MR) is 201 cm³/mol. The summed E-state index contributed by atoms with van der Waals surface area (Å²) in [5.41, 5.74) is 0.625. The number of hydrogen-bond donors (Lipinski definition) is 0. The number of benzene rings is 6. The molecule has 0 radical (unpaired) electrons. The molecule has 54 heavy (non-hydrogen) atoms. The summed E-state index contributed by atoms with van der Waals surface area (Å²) < 4.78 is 93.7. The van der Waals surface area contributed by atoms with Crippen LogP contribution in [-0.2, 0) is 5.41 Å². The number of nitrogens with zero attached hydrogens (tertiary/aromatic N) is 3. The van der Waals surface area contributed by atoms with Gasteiger partial charge in [-0.25, -0.2) is 9.97 Å². The molecule has 0 unspecified atom stereocenters. The zero-order valence-electron chi connectivity index (χ0n) is 29.0.